The predicted octanol–water partition coefficient (Wildman–Crippen LogP) is 2.57. The van der Waals surface area contributed by atoms with Crippen LogP contribution in [0.3, 0.4) is 0 Å². The Morgan fingerprint density at radius 2 is 1.81 bits per heavy atom. The molecule has 27 heavy (non-hydrogen) atoms. The van der Waals surface area contributed by atoms with Crippen LogP contribution in [0, 0.1) is 10.1 Å². The quantitative estimate of drug-likeness (QED) is 0.511. The van der Waals surface area contributed by atoms with E-state index in [4.69, 9.17) is 0 Å². The molecule has 1 amide bonds. The van der Waals surface area contributed by atoms with Gasteiger partial charge in [0.2, 0.25) is 0 Å². The monoisotopic (exact) mass is 365 g/mol. The van der Waals surface area contributed by atoms with Gasteiger partial charge in [-0.1, -0.05) is 36.4 Å². The van der Waals surface area contributed by atoms with E-state index < -0.39 is 22.8 Å². The fraction of sp³-hybridized carbons (Fsp3) is 0.105. The van der Waals surface area contributed by atoms with Crippen LogP contribution < -0.4 is 5.32 Å². The minimum atomic E-state index is -1.31. The van der Waals surface area contributed by atoms with Crippen LogP contribution in [-0.2, 0) is 11.2 Å². The zero-order valence-corrected chi connectivity index (χ0v) is 14.0. The van der Waals surface area contributed by atoms with Crippen molar-refractivity contribution >= 4 is 28.5 Å². The lowest BCUT2D eigenvalue weighted by Crippen LogP contribution is -2.42. The number of aliphatic carboxylic acids is 1. The fourth-order valence-corrected chi connectivity index (χ4v) is 2.81. The number of rotatable bonds is 6. The number of para-hydroxylation sites is 2. The standard InChI is InChI=1S/C19H15N3O5/c23-18(14-9-10-20-15-7-3-2-6-13(14)15)21-16(19(24)25)11-12-5-1-4-8-17(12)22(26)27/h1-10,16H,11H2,(H,21,23)(H,24,25)/t16-/m0/s1. The van der Waals surface area contributed by atoms with Gasteiger partial charge in [-0.05, 0) is 12.1 Å². The SMILES string of the molecule is O=C(N[C@@H](Cc1ccccc1[N+](=O)[O-])C(=O)O)c1ccnc2ccccc12. The van der Waals surface area contributed by atoms with E-state index >= 15 is 0 Å². The van der Waals surface area contributed by atoms with Crippen molar-refractivity contribution in [1.29, 1.82) is 0 Å². The minimum absolute atomic E-state index is 0.188. The zero-order valence-electron chi connectivity index (χ0n) is 14.0. The summed E-state index contributed by atoms with van der Waals surface area (Å²) in [6, 6.07) is 13.0. The van der Waals surface area contributed by atoms with Crippen LogP contribution in [0.2, 0.25) is 0 Å². The highest BCUT2D eigenvalue weighted by Gasteiger charge is 2.25. The molecule has 136 valence electrons. The average Bonchev–Trinajstić information content (AvgIpc) is 2.67. The number of nitrogens with zero attached hydrogens (tertiary/aromatic N) is 2. The highest BCUT2D eigenvalue weighted by atomic mass is 16.6. The molecule has 0 unspecified atom stereocenters. The molecule has 1 heterocycles. The molecule has 1 aromatic heterocycles. The van der Waals surface area contributed by atoms with Gasteiger partial charge in [0.1, 0.15) is 6.04 Å². The lowest BCUT2D eigenvalue weighted by molar-refractivity contribution is -0.385. The largest absolute Gasteiger partial charge is 0.480 e. The van der Waals surface area contributed by atoms with Gasteiger partial charge in [-0.3, -0.25) is 19.9 Å². The first-order valence-corrected chi connectivity index (χ1v) is 8.07. The maximum Gasteiger partial charge on any atom is 0.326 e. The molecule has 0 bridgehead atoms. The summed E-state index contributed by atoms with van der Waals surface area (Å²) in [7, 11) is 0. The van der Waals surface area contributed by atoms with Crippen molar-refractivity contribution in [2.75, 3.05) is 0 Å². The molecule has 0 fully saturated rings. The highest BCUT2D eigenvalue weighted by Crippen LogP contribution is 2.20. The molecule has 8 heteroatoms. The molecular formula is C19H15N3O5. The van der Waals surface area contributed by atoms with Crippen molar-refractivity contribution in [1.82, 2.24) is 10.3 Å². The van der Waals surface area contributed by atoms with E-state index in [0.717, 1.165) is 0 Å². The third-order valence-corrected chi connectivity index (χ3v) is 4.11. The number of aromatic nitrogens is 1. The van der Waals surface area contributed by atoms with Crippen LogP contribution in [-0.4, -0.2) is 32.9 Å². The van der Waals surface area contributed by atoms with Crippen molar-refractivity contribution in [2.45, 2.75) is 12.5 Å². The molecule has 3 aromatic rings. The summed E-state index contributed by atoms with van der Waals surface area (Å²) in [6.45, 7) is 0. The van der Waals surface area contributed by atoms with E-state index in [9.17, 15) is 24.8 Å². The number of carbonyl (C=O) groups excluding carboxylic acids is 1. The van der Waals surface area contributed by atoms with E-state index in [1.165, 1.54) is 30.5 Å². The molecule has 2 N–H and O–H groups in total. The lowest BCUT2D eigenvalue weighted by atomic mass is 10.0. The Hall–Kier alpha value is -3.81. The number of nitrogens with one attached hydrogen (secondary N) is 1. The number of carboxylic acids is 1. The van der Waals surface area contributed by atoms with E-state index in [1.54, 1.807) is 30.3 Å². The number of carbonyl (C=O) groups is 2. The number of pyridine rings is 1. The maximum atomic E-state index is 12.6. The molecule has 2 aromatic carbocycles. The molecule has 3 rings (SSSR count). The number of fused-ring (bicyclic) bond motifs is 1. The van der Waals surface area contributed by atoms with Crippen molar-refractivity contribution < 1.29 is 19.6 Å². The molecule has 0 aliphatic rings. The van der Waals surface area contributed by atoms with Gasteiger partial charge >= 0.3 is 5.97 Å². The summed E-state index contributed by atoms with van der Waals surface area (Å²) >= 11 is 0. The van der Waals surface area contributed by atoms with Crippen LogP contribution in [0.5, 0.6) is 0 Å². The van der Waals surface area contributed by atoms with E-state index in [-0.39, 0.29) is 23.2 Å². The van der Waals surface area contributed by atoms with Crippen LogP contribution in [0.15, 0.2) is 60.8 Å². The summed E-state index contributed by atoms with van der Waals surface area (Å²) < 4.78 is 0. The molecular weight excluding hydrogens is 350 g/mol. The summed E-state index contributed by atoms with van der Waals surface area (Å²) in [5.74, 6) is -1.86. The first-order valence-electron chi connectivity index (χ1n) is 8.07. The van der Waals surface area contributed by atoms with Crippen LogP contribution in [0.25, 0.3) is 10.9 Å². The van der Waals surface area contributed by atoms with Crippen LogP contribution in [0.4, 0.5) is 5.69 Å². The molecule has 0 saturated carbocycles. The van der Waals surface area contributed by atoms with E-state index in [1.807, 2.05) is 0 Å². The zero-order chi connectivity index (χ0) is 19.4. The number of hydrogen-bond acceptors (Lipinski definition) is 5. The maximum absolute atomic E-state index is 12.6. The van der Waals surface area contributed by atoms with E-state index in [2.05, 4.69) is 10.3 Å². The summed E-state index contributed by atoms with van der Waals surface area (Å²) in [5, 5.41) is 23.6. The lowest BCUT2D eigenvalue weighted by Gasteiger charge is -2.15. The summed E-state index contributed by atoms with van der Waals surface area (Å²) in [6.07, 6.45) is 1.26. The Balaban J connectivity index is 1.88. The summed E-state index contributed by atoms with van der Waals surface area (Å²) in [5.41, 5.74) is 0.937. The third kappa shape index (κ3) is 3.90. The number of nitro groups is 1. The second-order valence-corrected chi connectivity index (χ2v) is 5.83. The Kier molecular flexibility index (Phi) is 5.07. The third-order valence-electron chi connectivity index (χ3n) is 4.11. The van der Waals surface area contributed by atoms with Gasteiger partial charge in [0.05, 0.1) is 16.0 Å². The van der Waals surface area contributed by atoms with Gasteiger partial charge in [0.25, 0.3) is 11.6 Å². The number of nitro benzene ring substituents is 1. The van der Waals surface area contributed by atoms with Gasteiger partial charge in [0.15, 0.2) is 0 Å². The van der Waals surface area contributed by atoms with Gasteiger partial charge in [-0.2, -0.15) is 0 Å². The second-order valence-electron chi connectivity index (χ2n) is 5.83. The Morgan fingerprint density at radius 3 is 2.56 bits per heavy atom. The van der Waals surface area contributed by atoms with E-state index in [0.29, 0.717) is 10.9 Å². The number of carboxylic acid groups (broad SMARTS) is 1. The number of amides is 1. The Morgan fingerprint density at radius 1 is 1.11 bits per heavy atom. The minimum Gasteiger partial charge on any atom is -0.480 e. The van der Waals surface area contributed by atoms with Crippen molar-refractivity contribution in [2.24, 2.45) is 0 Å². The molecule has 8 nitrogen and oxygen atoms in total. The van der Waals surface area contributed by atoms with Crippen LogP contribution >= 0.6 is 0 Å². The fourth-order valence-electron chi connectivity index (χ4n) is 2.81. The van der Waals surface area contributed by atoms with Crippen molar-refractivity contribution in [3.63, 3.8) is 0 Å². The van der Waals surface area contributed by atoms with Gasteiger partial charge < -0.3 is 10.4 Å². The molecule has 0 radical (unpaired) electrons. The van der Waals surface area contributed by atoms with Crippen molar-refractivity contribution in [3.05, 3.63) is 82.0 Å². The second kappa shape index (κ2) is 7.61. The van der Waals surface area contributed by atoms with Crippen molar-refractivity contribution in [3.8, 4) is 0 Å². The Labute approximate surface area is 153 Å². The number of hydrogen-bond donors (Lipinski definition) is 2. The smallest absolute Gasteiger partial charge is 0.326 e. The highest BCUT2D eigenvalue weighted by molar-refractivity contribution is 6.06. The molecule has 0 aliphatic carbocycles. The molecule has 0 saturated heterocycles. The first kappa shape index (κ1) is 18.0. The van der Waals surface area contributed by atoms with Gasteiger partial charge in [0, 0.05) is 29.6 Å². The topological polar surface area (TPSA) is 122 Å². The molecule has 0 aliphatic heterocycles. The van der Waals surface area contributed by atoms with Gasteiger partial charge in [-0.15, -0.1) is 0 Å². The first-order chi connectivity index (χ1) is 13.0. The Bertz CT molecular complexity index is 1030. The predicted molar refractivity (Wildman–Crippen MR) is 97.4 cm³/mol. The molecule has 1 atom stereocenters. The normalized spacial score (nSPS) is 11.7. The average molecular weight is 365 g/mol. The van der Waals surface area contributed by atoms with Crippen LogP contribution in [0.1, 0.15) is 15.9 Å². The molecule has 0 spiro atoms. The number of benzene rings is 2. The van der Waals surface area contributed by atoms with Gasteiger partial charge in [-0.25, -0.2) is 4.79 Å². The summed E-state index contributed by atoms with van der Waals surface area (Å²) in [4.78, 5) is 39.0.